The van der Waals surface area contributed by atoms with E-state index in [0.717, 1.165) is 4.67 Å². The van der Waals surface area contributed by atoms with Crippen LogP contribution in [-0.4, -0.2) is 17.4 Å². The van der Waals surface area contributed by atoms with Crippen molar-refractivity contribution < 1.29 is 4.79 Å². The van der Waals surface area contributed by atoms with Gasteiger partial charge in [0.25, 0.3) is 0 Å². The van der Waals surface area contributed by atoms with Crippen LogP contribution >= 0.6 is 9.39 Å². The van der Waals surface area contributed by atoms with Crippen molar-refractivity contribution in [2.24, 2.45) is 11.5 Å². The van der Waals surface area contributed by atoms with E-state index in [1.54, 1.807) is 0 Å². The van der Waals surface area contributed by atoms with Crippen LogP contribution in [0.2, 0.25) is 0 Å². The van der Waals surface area contributed by atoms with Crippen molar-refractivity contribution in [3.05, 3.63) is 0 Å². The van der Waals surface area contributed by atoms with Crippen LogP contribution in [0.5, 0.6) is 0 Å². The van der Waals surface area contributed by atoms with E-state index in [1.807, 2.05) is 0 Å². The van der Waals surface area contributed by atoms with Crippen LogP contribution in [0, 0.1) is 0 Å². The molecule has 4 nitrogen and oxygen atoms in total. The first-order valence-corrected chi connectivity index (χ1v) is 2.22. The van der Waals surface area contributed by atoms with Gasteiger partial charge >= 0.3 is 6.03 Å². The van der Waals surface area contributed by atoms with Gasteiger partial charge in [0.05, 0.1) is 6.67 Å². The van der Waals surface area contributed by atoms with Gasteiger partial charge in [-0.15, -0.1) is 0 Å². The second-order valence-electron chi connectivity index (χ2n) is 0.991. The van der Waals surface area contributed by atoms with Crippen LogP contribution in [0.1, 0.15) is 0 Å². The Kier molecular flexibility index (Phi) is 2.64. The highest BCUT2D eigenvalue weighted by Crippen LogP contribution is 1.90. The van der Waals surface area contributed by atoms with Gasteiger partial charge in [0, 0.05) is 0 Å². The van der Waals surface area contributed by atoms with Crippen LogP contribution in [0.4, 0.5) is 4.79 Å². The van der Waals surface area contributed by atoms with Crippen LogP contribution in [0.3, 0.4) is 0 Å². The van der Waals surface area contributed by atoms with Gasteiger partial charge in [-0.3, -0.25) is 4.67 Å². The molecule has 2 amide bonds. The number of carbonyl (C=O) groups is 1. The molecular weight excluding hydrogens is 113 g/mol. The minimum Gasteiger partial charge on any atom is -0.351 e. The Labute approximate surface area is 44.1 Å². The van der Waals surface area contributed by atoms with Crippen molar-refractivity contribution in [3.8, 4) is 0 Å². The largest absolute Gasteiger partial charge is 0.351 e. The highest BCUT2D eigenvalue weighted by atomic mass is 31.0. The number of nitrogens with two attached hydrogens (primary N) is 2. The van der Waals surface area contributed by atoms with Crippen LogP contribution in [-0.2, 0) is 0 Å². The molecule has 42 valence electrons. The fourth-order valence-electron chi connectivity index (χ4n) is 0.0900. The van der Waals surface area contributed by atoms with E-state index in [2.05, 4.69) is 9.39 Å². The second-order valence-corrected chi connectivity index (χ2v) is 1.61. The number of nitrogens with zero attached hydrogens (tertiary/aromatic N) is 1. The smallest absolute Gasteiger partial charge is 0.318 e. The summed E-state index contributed by atoms with van der Waals surface area (Å²) in [6, 6.07) is -0.535. The minimum absolute atomic E-state index is 0.139. The van der Waals surface area contributed by atoms with Crippen LogP contribution in [0.25, 0.3) is 0 Å². The molecule has 0 rings (SSSR count). The van der Waals surface area contributed by atoms with Crippen molar-refractivity contribution in [3.63, 3.8) is 0 Å². The Balaban J connectivity index is 3.34. The predicted octanol–water partition coefficient (Wildman–Crippen LogP) is -0.927. The summed E-state index contributed by atoms with van der Waals surface area (Å²) in [5.41, 5.74) is 9.71. The predicted molar refractivity (Wildman–Crippen MR) is 30.2 cm³/mol. The Hall–Kier alpha value is -0.340. The average Bonchev–Trinajstić information content (AvgIpc) is 1.65. The van der Waals surface area contributed by atoms with Gasteiger partial charge in [0.1, 0.15) is 0 Å². The third-order valence-corrected chi connectivity index (χ3v) is 0.945. The maximum Gasteiger partial charge on any atom is 0.318 e. The lowest BCUT2D eigenvalue weighted by atomic mass is 11.0. The Bertz CT molecular complexity index is 75.3. The molecule has 0 heterocycles. The van der Waals surface area contributed by atoms with Crippen LogP contribution in [0.15, 0.2) is 0 Å². The molecule has 0 aliphatic heterocycles. The molecule has 1 unspecified atom stereocenters. The molecule has 7 heavy (non-hydrogen) atoms. The van der Waals surface area contributed by atoms with Crippen LogP contribution < -0.4 is 11.5 Å². The summed E-state index contributed by atoms with van der Waals surface area (Å²) >= 11 is 0. The van der Waals surface area contributed by atoms with Crippen molar-refractivity contribution in [1.82, 2.24) is 4.67 Å². The maximum absolute atomic E-state index is 9.98. The first kappa shape index (κ1) is 6.66. The summed E-state index contributed by atoms with van der Waals surface area (Å²) < 4.78 is 1.12. The molecule has 0 bridgehead atoms. The monoisotopic (exact) mass is 121 g/mol. The molecule has 0 radical (unpaired) electrons. The SMILES string of the molecule is NCN(P)C(N)=O. The van der Waals surface area contributed by atoms with E-state index in [-0.39, 0.29) is 6.67 Å². The standard InChI is InChI=1S/C2H8N3OP/c3-1-5(7)2(4)6/h1,3,7H2,(H2,4,6). The van der Waals surface area contributed by atoms with E-state index in [4.69, 9.17) is 11.5 Å². The number of hydrogen-bond acceptors (Lipinski definition) is 2. The Morgan fingerprint density at radius 2 is 2.29 bits per heavy atom. The first-order chi connectivity index (χ1) is 3.18. The van der Waals surface area contributed by atoms with Gasteiger partial charge in [0.2, 0.25) is 0 Å². The summed E-state index contributed by atoms with van der Waals surface area (Å²) in [6.07, 6.45) is 0. The molecule has 5 heteroatoms. The molecule has 0 spiro atoms. The molecule has 0 aliphatic rings. The number of primary amides is 1. The van der Waals surface area contributed by atoms with E-state index < -0.39 is 6.03 Å². The van der Waals surface area contributed by atoms with Crippen molar-refractivity contribution in [2.75, 3.05) is 6.67 Å². The molecular formula is C2H8N3OP. The molecule has 0 saturated carbocycles. The molecule has 0 fully saturated rings. The lowest BCUT2D eigenvalue weighted by Gasteiger charge is -2.07. The summed E-state index contributed by atoms with van der Waals surface area (Å²) in [6.45, 7) is 0.139. The Morgan fingerprint density at radius 1 is 1.86 bits per heavy atom. The fraction of sp³-hybridized carbons (Fsp3) is 0.500. The van der Waals surface area contributed by atoms with Gasteiger partial charge in [0.15, 0.2) is 0 Å². The topological polar surface area (TPSA) is 72.3 Å². The number of urea groups is 1. The maximum atomic E-state index is 9.98. The van der Waals surface area contributed by atoms with E-state index in [1.165, 1.54) is 0 Å². The second kappa shape index (κ2) is 2.77. The summed E-state index contributed by atoms with van der Waals surface area (Å²) in [5, 5.41) is 0. The quantitative estimate of drug-likeness (QED) is 0.347. The number of rotatable bonds is 1. The minimum atomic E-state index is -0.535. The van der Waals surface area contributed by atoms with Gasteiger partial charge in [-0.2, -0.15) is 0 Å². The highest BCUT2D eigenvalue weighted by Gasteiger charge is 1.95. The molecule has 0 aromatic heterocycles. The van der Waals surface area contributed by atoms with Gasteiger partial charge < -0.3 is 11.5 Å². The zero-order valence-corrected chi connectivity index (χ0v) is 4.95. The number of amides is 2. The average molecular weight is 121 g/mol. The Morgan fingerprint density at radius 3 is 2.29 bits per heavy atom. The third-order valence-electron chi connectivity index (χ3n) is 0.480. The molecule has 0 aromatic rings. The fourth-order valence-corrected chi connectivity index (χ4v) is 0.0900. The van der Waals surface area contributed by atoms with Gasteiger partial charge in [-0.1, -0.05) is 0 Å². The molecule has 4 N–H and O–H groups in total. The first-order valence-electron chi connectivity index (χ1n) is 1.70. The lowest BCUT2D eigenvalue weighted by Crippen LogP contribution is -2.31. The lowest BCUT2D eigenvalue weighted by molar-refractivity contribution is 0.235. The van der Waals surface area contributed by atoms with Crippen molar-refractivity contribution in [2.45, 2.75) is 0 Å². The zero-order chi connectivity index (χ0) is 5.86. The van der Waals surface area contributed by atoms with Crippen molar-refractivity contribution in [1.29, 1.82) is 0 Å². The summed E-state index contributed by atoms with van der Waals surface area (Å²) in [7, 11) is 2.08. The molecule has 1 atom stereocenters. The highest BCUT2D eigenvalue weighted by molar-refractivity contribution is 7.14. The van der Waals surface area contributed by atoms with Gasteiger partial charge in [-0.05, 0) is 9.39 Å². The van der Waals surface area contributed by atoms with Crippen molar-refractivity contribution >= 4 is 15.4 Å². The number of hydrogen-bond donors (Lipinski definition) is 2. The summed E-state index contributed by atoms with van der Waals surface area (Å²) in [4.78, 5) is 9.98. The van der Waals surface area contributed by atoms with E-state index in [9.17, 15) is 4.79 Å². The van der Waals surface area contributed by atoms with E-state index in [0.29, 0.717) is 0 Å². The molecule has 0 saturated heterocycles. The molecule has 0 aliphatic carbocycles. The normalized spacial score (nSPS) is 8.29. The number of carbonyl (C=O) groups excluding carboxylic acids is 1. The third kappa shape index (κ3) is 2.37. The molecule has 0 aromatic carbocycles. The summed E-state index contributed by atoms with van der Waals surface area (Å²) in [5.74, 6) is 0. The zero-order valence-electron chi connectivity index (χ0n) is 3.79. The van der Waals surface area contributed by atoms with Gasteiger partial charge in [-0.25, -0.2) is 4.79 Å². The van der Waals surface area contributed by atoms with E-state index >= 15 is 0 Å².